The molecule has 1 fully saturated rings. The van der Waals surface area contributed by atoms with Crippen molar-refractivity contribution in [3.05, 3.63) is 53.2 Å². The number of benzene rings is 1. The number of rotatable bonds is 2. The standard InChI is InChI=1S/C19H18ClNO4/c20-15-5-1-4-14(12-15)8-10-19(23)9-2-6-16(13-19)21-18(22)25-17-7-3-11-24-17/h1,3-5,7,11-12,16,23H,2,6,9,13H2,(H,21,22)/t16-,19+/m0/s1. The van der Waals surface area contributed by atoms with E-state index in [1.54, 1.807) is 24.3 Å². The molecular weight excluding hydrogens is 342 g/mol. The van der Waals surface area contributed by atoms with Crippen LogP contribution in [0.2, 0.25) is 5.02 Å². The van der Waals surface area contributed by atoms with Crippen LogP contribution in [0.5, 0.6) is 5.95 Å². The Hall–Kier alpha value is -2.42. The Morgan fingerprint density at radius 3 is 3.04 bits per heavy atom. The summed E-state index contributed by atoms with van der Waals surface area (Å²) in [7, 11) is 0. The Labute approximate surface area is 150 Å². The van der Waals surface area contributed by atoms with Gasteiger partial charge in [0.2, 0.25) is 0 Å². The quantitative estimate of drug-likeness (QED) is 0.801. The van der Waals surface area contributed by atoms with E-state index < -0.39 is 11.7 Å². The minimum Gasteiger partial charge on any atom is -0.434 e. The van der Waals surface area contributed by atoms with Crippen LogP contribution < -0.4 is 10.1 Å². The lowest BCUT2D eigenvalue weighted by Gasteiger charge is -2.33. The molecule has 130 valence electrons. The molecule has 2 aromatic rings. The number of hydrogen-bond donors (Lipinski definition) is 2. The van der Waals surface area contributed by atoms with Gasteiger partial charge in [-0.25, -0.2) is 4.79 Å². The van der Waals surface area contributed by atoms with Crippen molar-refractivity contribution in [3.8, 4) is 17.8 Å². The number of amides is 1. The second-order valence-corrected chi connectivity index (χ2v) is 6.49. The highest BCUT2D eigenvalue weighted by Gasteiger charge is 2.33. The summed E-state index contributed by atoms with van der Waals surface area (Å²) in [4.78, 5) is 11.9. The summed E-state index contributed by atoms with van der Waals surface area (Å²) in [5.41, 5.74) is -0.406. The third-order valence-electron chi connectivity index (χ3n) is 4.00. The predicted octanol–water partition coefficient (Wildman–Crippen LogP) is 3.75. The molecule has 0 saturated heterocycles. The molecule has 1 heterocycles. The highest BCUT2D eigenvalue weighted by atomic mass is 35.5. The molecule has 2 atom stereocenters. The molecule has 25 heavy (non-hydrogen) atoms. The number of furan rings is 1. The molecule has 0 radical (unpaired) electrons. The Bertz CT molecular complexity index is 793. The normalized spacial score (nSPS) is 22.6. The molecule has 2 N–H and O–H groups in total. The number of halogens is 1. The molecule has 0 bridgehead atoms. The van der Waals surface area contributed by atoms with Gasteiger partial charge in [-0.05, 0) is 43.5 Å². The van der Waals surface area contributed by atoms with Gasteiger partial charge < -0.3 is 19.6 Å². The molecule has 1 aromatic carbocycles. The van der Waals surface area contributed by atoms with Crippen molar-refractivity contribution in [2.24, 2.45) is 0 Å². The molecular formula is C19H18ClNO4. The molecule has 1 saturated carbocycles. The first-order chi connectivity index (χ1) is 12.0. The van der Waals surface area contributed by atoms with E-state index in [2.05, 4.69) is 17.2 Å². The average Bonchev–Trinajstić information content (AvgIpc) is 3.06. The van der Waals surface area contributed by atoms with E-state index in [1.807, 2.05) is 12.1 Å². The molecule has 6 heteroatoms. The summed E-state index contributed by atoms with van der Waals surface area (Å²) in [6.45, 7) is 0. The minimum atomic E-state index is -1.15. The first kappa shape index (κ1) is 17.4. The Balaban J connectivity index is 1.61. The van der Waals surface area contributed by atoms with Gasteiger partial charge in [-0.3, -0.25) is 0 Å². The molecule has 1 amide bonds. The van der Waals surface area contributed by atoms with Gasteiger partial charge in [-0.2, -0.15) is 0 Å². The molecule has 0 aliphatic heterocycles. The highest BCUT2D eigenvalue weighted by Crippen LogP contribution is 2.28. The third kappa shape index (κ3) is 5.02. The van der Waals surface area contributed by atoms with Crippen LogP contribution in [0.4, 0.5) is 4.79 Å². The van der Waals surface area contributed by atoms with Crippen molar-refractivity contribution in [1.82, 2.24) is 5.32 Å². The van der Waals surface area contributed by atoms with Crippen LogP contribution in [0.15, 0.2) is 47.1 Å². The van der Waals surface area contributed by atoms with Gasteiger partial charge in [0.25, 0.3) is 5.95 Å². The largest absolute Gasteiger partial charge is 0.434 e. The van der Waals surface area contributed by atoms with E-state index >= 15 is 0 Å². The second kappa shape index (κ2) is 7.64. The van der Waals surface area contributed by atoms with Gasteiger partial charge in [0.05, 0.1) is 6.26 Å². The van der Waals surface area contributed by atoms with E-state index in [9.17, 15) is 9.90 Å². The second-order valence-electron chi connectivity index (χ2n) is 6.05. The lowest BCUT2D eigenvalue weighted by Crippen LogP contribution is -2.46. The van der Waals surface area contributed by atoms with Crippen LogP contribution in [0, 0.1) is 11.8 Å². The van der Waals surface area contributed by atoms with Gasteiger partial charge >= 0.3 is 6.09 Å². The van der Waals surface area contributed by atoms with Crippen molar-refractivity contribution in [2.45, 2.75) is 37.3 Å². The molecule has 3 rings (SSSR count). The lowest BCUT2D eigenvalue weighted by molar-refractivity contribution is 0.0470. The molecule has 1 aliphatic rings. The van der Waals surface area contributed by atoms with E-state index in [-0.39, 0.29) is 12.0 Å². The summed E-state index contributed by atoms with van der Waals surface area (Å²) in [5, 5.41) is 14.1. The fraction of sp³-hybridized carbons (Fsp3) is 0.316. The smallest absolute Gasteiger partial charge is 0.415 e. The molecule has 5 nitrogen and oxygen atoms in total. The number of aliphatic hydroxyl groups is 1. The van der Waals surface area contributed by atoms with Crippen LogP contribution in [0.3, 0.4) is 0 Å². The topological polar surface area (TPSA) is 71.7 Å². The predicted molar refractivity (Wildman–Crippen MR) is 93.4 cm³/mol. The highest BCUT2D eigenvalue weighted by molar-refractivity contribution is 6.30. The van der Waals surface area contributed by atoms with Crippen molar-refractivity contribution < 1.29 is 19.1 Å². The lowest BCUT2D eigenvalue weighted by atomic mass is 9.82. The maximum Gasteiger partial charge on any atom is 0.415 e. The monoisotopic (exact) mass is 359 g/mol. The molecule has 0 spiro atoms. The molecule has 1 aromatic heterocycles. The first-order valence-electron chi connectivity index (χ1n) is 8.05. The zero-order chi connectivity index (χ0) is 17.7. The maximum absolute atomic E-state index is 11.9. The van der Waals surface area contributed by atoms with E-state index in [4.69, 9.17) is 20.8 Å². The molecule has 1 aliphatic carbocycles. The summed E-state index contributed by atoms with van der Waals surface area (Å²) < 4.78 is 9.98. The fourth-order valence-electron chi connectivity index (χ4n) is 2.85. The van der Waals surface area contributed by atoms with Gasteiger partial charge in [0.15, 0.2) is 0 Å². The first-order valence-corrected chi connectivity index (χ1v) is 8.43. The number of ether oxygens (including phenoxy) is 1. The van der Waals surface area contributed by atoms with Gasteiger partial charge in [0.1, 0.15) is 5.60 Å². The molecule has 0 unspecified atom stereocenters. The Morgan fingerprint density at radius 2 is 2.28 bits per heavy atom. The average molecular weight is 360 g/mol. The summed E-state index contributed by atoms with van der Waals surface area (Å²) in [6, 6.07) is 10.1. The van der Waals surface area contributed by atoms with Crippen LogP contribution in [-0.4, -0.2) is 22.8 Å². The number of carbonyl (C=O) groups excluding carboxylic acids is 1. The fourth-order valence-corrected chi connectivity index (χ4v) is 3.04. The van der Waals surface area contributed by atoms with Gasteiger partial charge in [-0.1, -0.05) is 29.5 Å². The van der Waals surface area contributed by atoms with Crippen LogP contribution in [-0.2, 0) is 0 Å². The van der Waals surface area contributed by atoms with Crippen molar-refractivity contribution in [3.63, 3.8) is 0 Å². The van der Waals surface area contributed by atoms with E-state index in [0.29, 0.717) is 17.9 Å². The van der Waals surface area contributed by atoms with Crippen LogP contribution >= 0.6 is 11.6 Å². The van der Waals surface area contributed by atoms with Crippen molar-refractivity contribution in [2.75, 3.05) is 0 Å². The Kier molecular flexibility index (Phi) is 5.32. The Morgan fingerprint density at radius 1 is 1.40 bits per heavy atom. The zero-order valence-electron chi connectivity index (χ0n) is 13.5. The minimum absolute atomic E-state index is 0.129. The van der Waals surface area contributed by atoms with Crippen molar-refractivity contribution in [1.29, 1.82) is 0 Å². The zero-order valence-corrected chi connectivity index (χ0v) is 14.3. The maximum atomic E-state index is 11.9. The van der Waals surface area contributed by atoms with Gasteiger partial charge in [0, 0.05) is 29.1 Å². The summed E-state index contributed by atoms with van der Waals surface area (Å²) in [5.74, 6) is 6.02. The number of carbonyl (C=O) groups is 1. The summed E-state index contributed by atoms with van der Waals surface area (Å²) >= 11 is 5.94. The van der Waals surface area contributed by atoms with Crippen LogP contribution in [0.1, 0.15) is 31.2 Å². The van der Waals surface area contributed by atoms with Gasteiger partial charge in [-0.15, -0.1) is 0 Å². The van der Waals surface area contributed by atoms with E-state index in [1.165, 1.54) is 6.26 Å². The van der Waals surface area contributed by atoms with Crippen molar-refractivity contribution >= 4 is 17.7 Å². The third-order valence-corrected chi connectivity index (χ3v) is 4.24. The van der Waals surface area contributed by atoms with E-state index in [0.717, 1.165) is 18.4 Å². The SMILES string of the molecule is O=C(N[C@H]1CCC[C@@](O)(C#Cc2cccc(Cl)c2)C1)Oc1ccco1. The number of nitrogens with one attached hydrogen (secondary N) is 1. The number of hydrogen-bond acceptors (Lipinski definition) is 4. The van der Waals surface area contributed by atoms with Crippen LogP contribution in [0.25, 0.3) is 0 Å². The summed E-state index contributed by atoms with van der Waals surface area (Å²) in [6.07, 6.45) is 3.24.